The van der Waals surface area contributed by atoms with Crippen LogP contribution in [-0.4, -0.2) is 6.88 Å². The first kappa shape index (κ1) is 42.2. The van der Waals surface area contributed by atoms with Gasteiger partial charge in [0.15, 0.2) is 0 Å². The fourth-order valence-corrected chi connectivity index (χ4v) is 28.7. The summed E-state index contributed by atoms with van der Waals surface area (Å²) >= 11 is -4.24. The van der Waals surface area contributed by atoms with E-state index in [9.17, 15) is 0 Å². The summed E-state index contributed by atoms with van der Waals surface area (Å²) in [5, 5.41) is 0. The summed E-state index contributed by atoms with van der Waals surface area (Å²) in [6.45, 7) is 24.6. The number of furan rings is 2. The number of allylic oxidation sites excluding steroid dienone is 2. The topological polar surface area (TPSA) is 26.3 Å². The van der Waals surface area contributed by atoms with Crippen molar-refractivity contribution in [1.82, 2.24) is 0 Å². The maximum absolute atomic E-state index is 6.63. The Hall–Kier alpha value is -3.40. The molecule has 0 amide bonds. The van der Waals surface area contributed by atoms with Gasteiger partial charge < -0.3 is 0 Å². The van der Waals surface area contributed by atoms with Gasteiger partial charge in [-0.25, -0.2) is 0 Å². The molecule has 0 aliphatic heterocycles. The summed E-state index contributed by atoms with van der Waals surface area (Å²) in [6, 6.07) is 27.8. The van der Waals surface area contributed by atoms with Crippen LogP contribution in [0, 0.1) is 69.2 Å². The molecule has 2 aliphatic rings. The summed E-state index contributed by atoms with van der Waals surface area (Å²) in [7, 11) is 0. The van der Waals surface area contributed by atoms with Gasteiger partial charge >= 0.3 is 327 Å². The largest absolute Gasteiger partial charge is 0.147 e. The van der Waals surface area contributed by atoms with Gasteiger partial charge in [-0.05, 0) is 0 Å². The summed E-state index contributed by atoms with van der Waals surface area (Å²) in [5.41, 5.74) is 24.2. The van der Waals surface area contributed by atoms with Gasteiger partial charge in [0.1, 0.15) is 0 Å². The molecular formula is C50H56Cl2O2SiZr. The van der Waals surface area contributed by atoms with Gasteiger partial charge in [-0.3, -0.25) is 0 Å². The van der Waals surface area contributed by atoms with Gasteiger partial charge in [0.2, 0.25) is 0 Å². The number of hydrogen-bond acceptors (Lipinski definition) is 2. The van der Waals surface area contributed by atoms with Crippen molar-refractivity contribution in [3.63, 3.8) is 0 Å². The number of rotatable bonds is 6. The van der Waals surface area contributed by atoms with Crippen LogP contribution in [0.4, 0.5) is 0 Å². The monoisotopic (exact) mass is 876 g/mol. The fourth-order valence-electron chi connectivity index (χ4n) is 10.3. The molecule has 0 saturated carbocycles. The number of aryl methyl sites for hydroxylation is 8. The third-order valence-electron chi connectivity index (χ3n) is 12.6. The SMILES string of the molecule is Cc1cc(C)cc(-c2c(C)c(C)cc3c2C=C(c2ccc(C)o2)[CH]3[Zr]([CH3])([CH3])(=[SiH2])[CH]2C(c3ccc(C)o3)=Cc3c2cc(C)c(C)c3-c2cc(C)cc(C)c2)c1.Cl.Cl. The Bertz CT molecular complexity index is 2490. The molecule has 56 heavy (non-hydrogen) atoms. The quantitative estimate of drug-likeness (QED) is 0.156. The predicted octanol–water partition coefficient (Wildman–Crippen LogP) is 14.4. The Morgan fingerprint density at radius 2 is 0.821 bits per heavy atom. The van der Waals surface area contributed by atoms with E-state index in [4.69, 9.17) is 8.83 Å². The molecular weight excluding hydrogens is 823 g/mol. The van der Waals surface area contributed by atoms with E-state index in [1.54, 1.807) is 0 Å². The first-order chi connectivity index (χ1) is 25.4. The van der Waals surface area contributed by atoms with Crippen LogP contribution in [-0.2, 0) is 17.4 Å². The van der Waals surface area contributed by atoms with Crippen molar-refractivity contribution in [2.45, 2.75) is 85.8 Å². The molecule has 4 aromatic carbocycles. The van der Waals surface area contributed by atoms with Crippen LogP contribution in [0.15, 0.2) is 81.6 Å². The molecule has 0 bridgehead atoms. The first-order valence-corrected chi connectivity index (χ1v) is 33.2. The Morgan fingerprint density at radius 1 is 0.482 bits per heavy atom. The first-order valence-electron chi connectivity index (χ1n) is 19.5. The van der Waals surface area contributed by atoms with E-state index >= 15 is 0 Å². The molecule has 0 fully saturated rings. The van der Waals surface area contributed by atoms with Crippen molar-refractivity contribution in [2.24, 2.45) is 0 Å². The molecule has 2 nitrogen and oxygen atoms in total. The van der Waals surface area contributed by atoms with E-state index in [1.807, 2.05) is 0 Å². The van der Waals surface area contributed by atoms with Crippen LogP contribution >= 0.6 is 24.8 Å². The third kappa shape index (κ3) is 6.87. The minimum absolute atomic E-state index is 0. The Labute approximate surface area is 349 Å². The summed E-state index contributed by atoms with van der Waals surface area (Å²) in [6.07, 6.45) is 5.04. The van der Waals surface area contributed by atoms with Crippen LogP contribution in [0.25, 0.3) is 45.6 Å². The van der Waals surface area contributed by atoms with E-state index in [0.29, 0.717) is 0 Å². The molecule has 2 atom stereocenters. The maximum Gasteiger partial charge on any atom is -0.147 e. The van der Waals surface area contributed by atoms with E-state index in [0.717, 1.165) is 23.0 Å². The Balaban J connectivity index is 0.00000266. The van der Waals surface area contributed by atoms with Crippen molar-refractivity contribution in [3.05, 3.63) is 163 Å². The van der Waals surface area contributed by atoms with Gasteiger partial charge in [-0.2, -0.15) is 0 Å². The average molecular weight is 879 g/mol. The summed E-state index contributed by atoms with van der Waals surface area (Å²) in [5.74, 6) is 3.90. The van der Waals surface area contributed by atoms with Gasteiger partial charge in [0.05, 0.1) is 0 Å². The molecule has 6 heteroatoms. The van der Waals surface area contributed by atoms with Gasteiger partial charge in [-0.1, -0.05) is 0 Å². The molecule has 0 radical (unpaired) electrons. The summed E-state index contributed by atoms with van der Waals surface area (Å²) < 4.78 is 19.1. The second kappa shape index (κ2) is 14.8. The van der Waals surface area contributed by atoms with Crippen molar-refractivity contribution in [2.75, 3.05) is 0 Å². The smallest absolute Gasteiger partial charge is 0.147 e. The second-order valence-electron chi connectivity index (χ2n) is 18.0. The molecule has 0 N–H and O–H groups in total. The number of hydrogen-bond donors (Lipinski definition) is 0. The van der Waals surface area contributed by atoms with Crippen molar-refractivity contribution in [1.29, 1.82) is 0 Å². The van der Waals surface area contributed by atoms with E-state index < -0.39 is 17.4 Å². The molecule has 0 saturated heterocycles. The third-order valence-corrected chi connectivity index (χ3v) is 29.9. The molecule has 0 spiro atoms. The van der Waals surface area contributed by atoms with E-state index in [2.05, 4.69) is 170 Å². The molecule has 2 heterocycles. The maximum atomic E-state index is 6.63. The molecule has 8 rings (SSSR count). The number of benzene rings is 4. The Morgan fingerprint density at radius 3 is 1.12 bits per heavy atom. The minimum Gasteiger partial charge on any atom is -0.147 e. The normalized spacial score (nSPS) is 16.2. The summed E-state index contributed by atoms with van der Waals surface area (Å²) in [4.78, 5) is 0. The minimum atomic E-state index is -4.24. The molecule has 2 aliphatic carbocycles. The molecule has 6 aromatic rings. The van der Waals surface area contributed by atoms with Crippen LogP contribution in [0.1, 0.15) is 97.1 Å². The molecule has 290 valence electrons. The Kier molecular flexibility index (Phi) is 11.1. The van der Waals surface area contributed by atoms with E-state index in [1.165, 1.54) is 100 Å². The second-order valence-corrected chi connectivity index (χ2v) is 48.4. The van der Waals surface area contributed by atoms with Gasteiger partial charge in [0, 0.05) is 0 Å². The zero-order valence-electron chi connectivity index (χ0n) is 35.1. The molecule has 2 aromatic heterocycles. The zero-order chi connectivity index (χ0) is 38.6. The number of halogens is 2. The predicted molar refractivity (Wildman–Crippen MR) is 245 cm³/mol. The fraction of sp³-hybridized carbons (Fsp3) is 0.280. The van der Waals surface area contributed by atoms with Crippen LogP contribution < -0.4 is 0 Å². The zero-order valence-corrected chi connectivity index (χ0v) is 40.6. The van der Waals surface area contributed by atoms with Crippen LogP contribution in [0.2, 0.25) is 9.26 Å². The standard InChI is InChI=1S/2C24H23O.2CH3.2ClH.H2Si.Zr/c2*1-14-8-15(2)10-21(9-14)24-18(5)16(3)11-19-12-20(13-22(19)24)23-7-6-17(4)25-23;;;;;;/h2*6-13H,1-5H3;2*1H3;2*1H;1H2;. The average Bonchev–Trinajstić information content (AvgIpc) is 3.86. The number of fused-ring (bicyclic) bond motifs is 2. The van der Waals surface area contributed by atoms with Gasteiger partial charge in [0.25, 0.3) is 0 Å². The van der Waals surface area contributed by atoms with Gasteiger partial charge in [-0.15, -0.1) is 24.8 Å². The van der Waals surface area contributed by atoms with Crippen molar-refractivity contribution in [3.8, 4) is 22.3 Å². The van der Waals surface area contributed by atoms with Crippen molar-refractivity contribution < 1.29 is 26.2 Å². The van der Waals surface area contributed by atoms with E-state index in [-0.39, 0.29) is 32.1 Å². The van der Waals surface area contributed by atoms with Crippen LogP contribution in [0.3, 0.4) is 0 Å². The van der Waals surface area contributed by atoms with Crippen molar-refractivity contribution >= 4 is 55.0 Å². The molecule has 2 unspecified atom stereocenters. The van der Waals surface area contributed by atoms with Crippen LogP contribution in [0.5, 0.6) is 0 Å².